The van der Waals surface area contributed by atoms with E-state index in [9.17, 15) is 12.8 Å². The molecule has 108 valence electrons. The molecule has 0 amide bonds. The molecule has 0 bridgehead atoms. The maximum atomic E-state index is 13.3. The van der Waals surface area contributed by atoms with E-state index in [-0.39, 0.29) is 16.3 Å². The Morgan fingerprint density at radius 2 is 1.95 bits per heavy atom. The topological polar surface area (TPSA) is 73.1 Å². The summed E-state index contributed by atoms with van der Waals surface area (Å²) in [5, 5.41) is 0.471. The lowest BCUT2D eigenvalue weighted by Crippen LogP contribution is -2.06. The third-order valence-electron chi connectivity index (χ3n) is 2.90. The molecular weight excluding hydrogens is 311 g/mol. The van der Waals surface area contributed by atoms with Gasteiger partial charge in [-0.3, -0.25) is 0 Å². The summed E-state index contributed by atoms with van der Waals surface area (Å²) < 4.78 is 38.9. The van der Waals surface area contributed by atoms with Crippen molar-refractivity contribution < 1.29 is 12.8 Å². The molecule has 0 atom stereocenters. The highest BCUT2D eigenvalue weighted by atomic mass is 32.2. The standard InChI is InChI=1S/C14H11FN2O2S2/c15-9-5-10(16)7-11(6-9)21(18,19)8-14-17-12-3-1-2-4-13(12)20-14/h1-7H,8,16H2. The number of benzene rings is 2. The number of hydrogen-bond acceptors (Lipinski definition) is 5. The number of halogens is 1. The summed E-state index contributed by atoms with van der Waals surface area (Å²) in [6.07, 6.45) is 0. The fraction of sp³-hybridized carbons (Fsp3) is 0.0714. The van der Waals surface area contributed by atoms with E-state index >= 15 is 0 Å². The van der Waals surface area contributed by atoms with Gasteiger partial charge in [-0.2, -0.15) is 0 Å². The Balaban J connectivity index is 1.98. The summed E-state index contributed by atoms with van der Waals surface area (Å²) in [6, 6.07) is 10.7. The molecule has 0 unspecified atom stereocenters. The number of nitrogens with two attached hydrogens (primary N) is 1. The van der Waals surface area contributed by atoms with Gasteiger partial charge >= 0.3 is 0 Å². The molecule has 3 aromatic rings. The van der Waals surface area contributed by atoms with Gasteiger partial charge in [0.1, 0.15) is 16.6 Å². The number of sulfone groups is 1. The number of aromatic nitrogens is 1. The first-order valence-electron chi connectivity index (χ1n) is 6.07. The second-order valence-electron chi connectivity index (χ2n) is 4.55. The van der Waals surface area contributed by atoms with Gasteiger partial charge < -0.3 is 5.73 Å². The maximum absolute atomic E-state index is 13.3. The maximum Gasteiger partial charge on any atom is 0.185 e. The van der Waals surface area contributed by atoms with Gasteiger partial charge in [0, 0.05) is 5.69 Å². The van der Waals surface area contributed by atoms with E-state index in [2.05, 4.69) is 4.98 Å². The Bertz CT molecular complexity index is 866. The van der Waals surface area contributed by atoms with E-state index in [4.69, 9.17) is 5.73 Å². The van der Waals surface area contributed by atoms with Crippen molar-refractivity contribution in [3.63, 3.8) is 0 Å². The molecule has 0 saturated heterocycles. The zero-order chi connectivity index (χ0) is 15.0. The monoisotopic (exact) mass is 322 g/mol. The number of fused-ring (bicyclic) bond motifs is 1. The Morgan fingerprint density at radius 3 is 2.67 bits per heavy atom. The molecule has 0 aliphatic heterocycles. The molecule has 1 heterocycles. The summed E-state index contributed by atoms with van der Waals surface area (Å²) in [5.41, 5.74) is 6.33. The normalized spacial score (nSPS) is 11.9. The summed E-state index contributed by atoms with van der Waals surface area (Å²) in [6.45, 7) is 0. The first-order valence-corrected chi connectivity index (χ1v) is 8.54. The Hall–Kier alpha value is -1.99. The summed E-state index contributed by atoms with van der Waals surface area (Å²) in [4.78, 5) is 4.16. The Kier molecular flexibility index (Phi) is 3.38. The van der Waals surface area contributed by atoms with Gasteiger partial charge in [0.2, 0.25) is 0 Å². The van der Waals surface area contributed by atoms with Gasteiger partial charge in [0.25, 0.3) is 0 Å². The van der Waals surface area contributed by atoms with E-state index < -0.39 is 15.7 Å². The Morgan fingerprint density at radius 1 is 1.19 bits per heavy atom. The van der Waals surface area contributed by atoms with Gasteiger partial charge in [-0.05, 0) is 30.3 Å². The molecule has 2 aromatic carbocycles. The minimum absolute atomic E-state index is 0.0814. The number of thiazole rings is 1. The van der Waals surface area contributed by atoms with Crippen molar-refractivity contribution in [1.82, 2.24) is 4.98 Å². The predicted molar refractivity (Wildman–Crippen MR) is 81.3 cm³/mol. The number of nitrogens with zero attached hydrogens (tertiary/aromatic N) is 1. The molecule has 0 spiro atoms. The van der Waals surface area contributed by atoms with E-state index in [1.54, 1.807) is 0 Å². The van der Waals surface area contributed by atoms with Gasteiger partial charge in [-0.15, -0.1) is 11.3 Å². The van der Waals surface area contributed by atoms with Crippen LogP contribution in [0.15, 0.2) is 47.4 Å². The molecular formula is C14H11FN2O2S2. The van der Waals surface area contributed by atoms with Crippen LogP contribution in [0.1, 0.15) is 5.01 Å². The minimum Gasteiger partial charge on any atom is -0.399 e. The molecule has 4 nitrogen and oxygen atoms in total. The smallest absolute Gasteiger partial charge is 0.185 e. The molecule has 0 aliphatic carbocycles. The largest absolute Gasteiger partial charge is 0.399 e. The summed E-state index contributed by atoms with van der Waals surface area (Å²) in [5.74, 6) is -0.937. The first kappa shape index (κ1) is 14.0. The van der Waals surface area contributed by atoms with Crippen LogP contribution >= 0.6 is 11.3 Å². The summed E-state index contributed by atoms with van der Waals surface area (Å²) in [7, 11) is -3.68. The van der Waals surface area contributed by atoms with Crippen molar-refractivity contribution in [3.05, 3.63) is 53.3 Å². The van der Waals surface area contributed by atoms with Crippen molar-refractivity contribution in [3.8, 4) is 0 Å². The van der Waals surface area contributed by atoms with Crippen LogP contribution in [-0.4, -0.2) is 13.4 Å². The highest BCUT2D eigenvalue weighted by Gasteiger charge is 2.19. The summed E-state index contributed by atoms with van der Waals surface area (Å²) >= 11 is 1.31. The van der Waals surface area contributed by atoms with Crippen LogP contribution in [0.4, 0.5) is 10.1 Å². The van der Waals surface area contributed by atoms with Crippen LogP contribution in [0.25, 0.3) is 10.2 Å². The molecule has 3 rings (SSSR count). The van der Waals surface area contributed by atoms with Gasteiger partial charge in [-0.25, -0.2) is 17.8 Å². The molecule has 0 fully saturated rings. The quantitative estimate of drug-likeness (QED) is 0.752. The zero-order valence-electron chi connectivity index (χ0n) is 10.8. The average molecular weight is 322 g/mol. The Labute approximate surface area is 125 Å². The number of para-hydroxylation sites is 1. The lowest BCUT2D eigenvalue weighted by atomic mass is 10.3. The van der Waals surface area contributed by atoms with Crippen molar-refractivity contribution in [1.29, 1.82) is 0 Å². The lowest BCUT2D eigenvalue weighted by Gasteiger charge is -2.04. The molecule has 0 saturated carbocycles. The predicted octanol–water partition coefficient (Wildman–Crippen LogP) is 2.99. The van der Waals surface area contributed by atoms with E-state index in [0.717, 1.165) is 22.3 Å². The lowest BCUT2D eigenvalue weighted by molar-refractivity contribution is 0.590. The number of hydrogen-bond donors (Lipinski definition) is 1. The average Bonchev–Trinajstić information content (AvgIpc) is 2.78. The number of nitrogen functional groups attached to an aromatic ring is 1. The van der Waals surface area contributed by atoms with Crippen LogP contribution in [0.3, 0.4) is 0 Å². The third kappa shape index (κ3) is 2.88. The molecule has 2 N–H and O–H groups in total. The first-order chi connectivity index (χ1) is 9.94. The van der Waals surface area contributed by atoms with E-state index in [0.29, 0.717) is 5.01 Å². The van der Waals surface area contributed by atoms with Crippen molar-refractivity contribution in [2.24, 2.45) is 0 Å². The van der Waals surface area contributed by atoms with Crippen LogP contribution in [0.2, 0.25) is 0 Å². The third-order valence-corrected chi connectivity index (χ3v) is 5.73. The van der Waals surface area contributed by atoms with Gasteiger partial charge in [-0.1, -0.05) is 12.1 Å². The SMILES string of the molecule is Nc1cc(F)cc(S(=O)(=O)Cc2nc3ccccc3s2)c1. The molecule has 21 heavy (non-hydrogen) atoms. The molecule has 0 radical (unpaired) electrons. The van der Waals surface area contributed by atoms with Crippen LogP contribution in [0, 0.1) is 5.82 Å². The fourth-order valence-electron chi connectivity index (χ4n) is 1.99. The van der Waals surface area contributed by atoms with Crippen LogP contribution < -0.4 is 5.73 Å². The van der Waals surface area contributed by atoms with Crippen molar-refractivity contribution >= 4 is 37.1 Å². The fourth-order valence-corrected chi connectivity index (χ4v) is 4.62. The van der Waals surface area contributed by atoms with Gasteiger partial charge in [0.15, 0.2) is 9.84 Å². The van der Waals surface area contributed by atoms with Gasteiger partial charge in [0.05, 0.1) is 15.1 Å². The highest BCUT2D eigenvalue weighted by Crippen LogP contribution is 2.26. The second kappa shape index (κ2) is 5.09. The number of anilines is 1. The van der Waals surface area contributed by atoms with Crippen LogP contribution in [0.5, 0.6) is 0 Å². The zero-order valence-corrected chi connectivity index (χ0v) is 12.4. The van der Waals surface area contributed by atoms with E-state index in [1.807, 2.05) is 24.3 Å². The molecule has 0 aliphatic rings. The molecule has 1 aromatic heterocycles. The van der Waals surface area contributed by atoms with Crippen LogP contribution in [-0.2, 0) is 15.6 Å². The second-order valence-corrected chi connectivity index (χ2v) is 7.66. The highest BCUT2D eigenvalue weighted by molar-refractivity contribution is 7.90. The van der Waals surface area contributed by atoms with Crippen molar-refractivity contribution in [2.45, 2.75) is 10.6 Å². The van der Waals surface area contributed by atoms with E-state index in [1.165, 1.54) is 17.4 Å². The number of rotatable bonds is 3. The molecule has 7 heteroatoms. The van der Waals surface area contributed by atoms with Crippen molar-refractivity contribution in [2.75, 3.05) is 5.73 Å². The minimum atomic E-state index is -3.68.